The van der Waals surface area contributed by atoms with E-state index in [0.717, 1.165) is 18.7 Å². The van der Waals surface area contributed by atoms with Gasteiger partial charge in [-0.2, -0.15) is 0 Å². The molecule has 0 radical (unpaired) electrons. The van der Waals surface area contributed by atoms with Crippen LogP contribution in [-0.4, -0.2) is 30.1 Å². The summed E-state index contributed by atoms with van der Waals surface area (Å²) >= 11 is 0. The second-order valence-electron chi connectivity index (χ2n) is 5.28. The largest absolute Gasteiger partial charge is 0.489 e. The van der Waals surface area contributed by atoms with E-state index in [1.165, 1.54) is 6.07 Å². The Bertz CT molecular complexity index is 401. The zero-order valence-electron chi connectivity index (χ0n) is 10.4. The molecule has 1 aromatic rings. The third-order valence-electron chi connectivity index (χ3n) is 2.73. The van der Waals surface area contributed by atoms with Gasteiger partial charge in [-0.05, 0) is 19.9 Å². The molecule has 3 nitrogen and oxygen atoms in total. The van der Waals surface area contributed by atoms with E-state index in [0.29, 0.717) is 18.9 Å². The molecule has 1 aliphatic rings. The fourth-order valence-electron chi connectivity index (χ4n) is 2.15. The standard InChI is InChI=1S/C13H19FN2O/c1-13(2,15)9-16-6-7-17-12-10(8-16)4-3-5-11(12)14/h3-5H,6-9,15H2,1-2H3. The number of ether oxygens (including phenoxy) is 1. The van der Waals surface area contributed by atoms with Gasteiger partial charge < -0.3 is 10.5 Å². The van der Waals surface area contributed by atoms with Gasteiger partial charge in [-0.3, -0.25) is 4.90 Å². The molecule has 0 spiro atoms. The fraction of sp³-hybridized carbons (Fsp3) is 0.538. The third-order valence-corrected chi connectivity index (χ3v) is 2.73. The van der Waals surface area contributed by atoms with Crippen LogP contribution in [0.2, 0.25) is 0 Å². The molecule has 0 aliphatic carbocycles. The second kappa shape index (κ2) is 4.63. The van der Waals surface area contributed by atoms with Crippen LogP contribution >= 0.6 is 0 Å². The molecule has 4 heteroatoms. The van der Waals surface area contributed by atoms with Gasteiger partial charge in [-0.1, -0.05) is 12.1 Å². The van der Waals surface area contributed by atoms with Crippen LogP contribution in [0.1, 0.15) is 19.4 Å². The lowest BCUT2D eigenvalue weighted by Gasteiger charge is -2.28. The van der Waals surface area contributed by atoms with Crippen molar-refractivity contribution in [1.29, 1.82) is 0 Å². The van der Waals surface area contributed by atoms with Crippen molar-refractivity contribution in [3.63, 3.8) is 0 Å². The number of hydrogen-bond acceptors (Lipinski definition) is 3. The zero-order chi connectivity index (χ0) is 12.5. The summed E-state index contributed by atoms with van der Waals surface area (Å²) in [6.07, 6.45) is 0. The molecule has 0 saturated heterocycles. The molecule has 1 aliphatic heterocycles. The molecule has 0 aromatic heterocycles. The molecule has 94 valence electrons. The van der Waals surface area contributed by atoms with Crippen LogP contribution in [0.25, 0.3) is 0 Å². The monoisotopic (exact) mass is 238 g/mol. The minimum Gasteiger partial charge on any atom is -0.489 e. The Labute approximate surface area is 101 Å². The molecule has 2 N–H and O–H groups in total. The molecular weight excluding hydrogens is 219 g/mol. The van der Waals surface area contributed by atoms with E-state index in [1.807, 2.05) is 19.9 Å². The molecule has 0 saturated carbocycles. The highest BCUT2D eigenvalue weighted by atomic mass is 19.1. The van der Waals surface area contributed by atoms with E-state index >= 15 is 0 Å². The predicted molar refractivity (Wildman–Crippen MR) is 65.4 cm³/mol. The van der Waals surface area contributed by atoms with Gasteiger partial charge in [-0.25, -0.2) is 4.39 Å². The van der Waals surface area contributed by atoms with Crippen LogP contribution in [0.5, 0.6) is 5.75 Å². The van der Waals surface area contributed by atoms with Gasteiger partial charge in [0.05, 0.1) is 0 Å². The normalized spacial score (nSPS) is 17.2. The molecule has 0 unspecified atom stereocenters. The van der Waals surface area contributed by atoms with E-state index < -0.39 is 0 Å². The van der Waals surface area contributed by atoms with E-state index in [9.17, 15) is 4.39 Å². The third kappa shape index (κ3) is 3.17. The minimum absolute atomic E-state index is 0.252. The Morgan fingerprint density at radius 3 is 2.94 bits per heavy atom. The number of hydrogen-bond donors (Lipinski definition) is 1. The number of rotatable bonds is 2. The Kier molecular flexibility index (Phi) is 3.35. The molecule has 1 heterocycles. The van der Waals surface area contributed by atoms with Crippen LogP contribution in [0.4, 0.5) is 4.39 Å². The summed E-state index contributed by atoms with van der Waals surface area (Å²) in [4.78, 5) is 2.20. The van der Waals surface area contributed by atoms with Crippen molar-refractivity contribution in [3.8, 4) is 5.75 Å². The van der Waals surface area contributed by atoms with Crippen molar-refractivity contribution in [2.75, 3.05) is 19.7 Å². The van der Waals surface area contributed by atoms with Crippen molar-refractivity contribution in [1.82, 2.24) is 4.90 Å². The van der Waals surface area contributed by atoms with Crippen molar-refractivity contribution in [2.24, 2.45) is 5.73 Å². The molecule has 2 rings (SSSR count). The van der Waals surface area contributed by atoms with E-state index in [-0.39, 0.29) is 11.4 Å². The Morgan fingerprint density at radius 2 is 2.24 bits per heavy atom. The van der Waals surface area contributed by atoms with Gasteiger partial charge in [0, 0.05) is 30.7 Å². The van der Waals surface area contributed by atoms with Gasteiger partial charge in [-0.15, -0.1) is 0 Å². The van der Waals surface area contributed by atoms with E-state index in [1.54, 1.807) is 6.07 Å². The van der Waals surface area contributed by atoms with Gasteiger partial charge in [0.15, 0.2) is 11.6 Å². The highest BCUT2D eigenvalue weighted by Crippen LogP contribution is 2.26. The van der Waals surface area contributed by atoms with Gasteiger partial charge in [0.1, 0.15) is 6.61 Å². The first-order valence-corrected chi connectivity index (χ1v) is 5.87. The molecule has 0 amide bonds. The minimum atomic E-state index is -0.281. The average molecular weight is 238 g/mol. The first kappa shape index (κ1) is 12.3. The van der Waals surface area contributed by atoms with E-state index in [2.05, 4.69) is 4.90 Å². The summed E-state index contributed by atoms with van der Waals surface area (Å²) in [6, 6.07) is 5.05. The van der Waals surface area contributed by atoms with E-state index in [4.69, 9.17) is 10.5 Å². The van der Waals surface area contributed by atoms with Crippen LogP contribution in [0.3, 0.4) is 0 Å². The lowest BCUT2D eigenvalue weighted by atomic mass is 10.1. The summed E-state index contributed by atoms with van der Waals surface area (Å²) in [7, 11) is 0. The summed E-state index contributed by atoms with van der Waals surface area (Å²) < 4.78 is 19.0. The lowest BCUT2D eigenvalue weighted by molar-refractivity contribution is 0.193. The molecule has 1 aromatic carbocycles. The Hall–Kier alpha value is -1.13. The molecular formula is C13H19FN2O. The van der Waals surface area contributed by atoms with Crippen molar-refractivity contribution < 1.29 is 9.13 Å². The lowest BCUT2D eigenvalue weighted by Crippen LogP contribution is -2.45. The van der Waals surface area contributed by atoms with Crippen molar-refractivity contribution >= 4 is 0 Å². The molecule has 0 atom stereocenters. The van der Waals surface area contributed by atoms with Crippen LogP contribution in [0.15, 0.2) is 18.2 Å². The van der Waals surface area contributed by atoms with Gasteiger partial charge in [0.2, 0.25) is 0 Å². The number of nitrogens with two attached hydrogens (primary N) is 1. The number of benzene rings is 1. The number of halogens is 1. The van der Waals surface area contributed by atoms with Crippen molar-refractivity contribution in [2.45, 2.75) is 25.9 Å². The number of para-hydroxylation sites is 1. The van der Waals surface area contributed by atoms with Crippen LogP contribution in [0, 0.1) is 5.82 Å². The molecule has 17 heavy (non-hydrogen) atoms. The maximum absolute atomic E-state index is 13.5. The zero-order valence-corrected chi connectivity index (χ0v) is 10.4. The summed E-state index contributed by atoms with van der Waals surface area (Å²) in [5.74, 6) is 0.112. The Balaban J connectivity index is 2.17. The quantitative estimate of drug-likeness (QED) is 0.853. The Morgan fingerprint density at radius 1 is 1.47 bits per heavy atom. The number of fused-ring (bicyclic) bond motifs is 1. The maximum Gasteiger partial charge on any atom is 0.165 e. The topological polar surface area (TPSA) is 38.5 Å². The smallest absolute Gasteiger partial charge is 0.165 e. The van der Waals surface area contributed by atoms with Gasteiger partial charge in [0.25, 0.3) is 0 Å². The predicted octanol–water partition coefficient (Wildman–Crippen LogP) is 1.76. The highest BCUT2D eigenvalue weighted by molar-refractivity contribution is 5.35. The van der Waals surface area contributed by atoms with Crippen molar-refractivity contribution in [3.05, 3.63) is 29.6 Å². The average Bonchev–Trinajstić information content (AvgIpc) is 2.38. The van der Waals surface area contributed by atoms with Crippen LogP contribution in [-0.2, 0) is 6.54 Å². The van der Waals surface area contributed by atoms with Crippen LogP contribution < -0.4 is 10.5 Å². The maximum atomic E-state index is 13.5. The summed E-state index contributed by atoms with van der Waals surface area (Å²) in [5, 5.41) is 0. The second-order valence-corrected chi connectivity index (χ2v) is 5.28. The highest BCUT2D eigenvalue weighted by Gasteiger charge is 2.22. The first-order chi connectivity index (χ1) is 7.96. The van der Waals surface area contributed by atoms with Gasteiger partial charge >= 0.3 is 0 Å². The SMILES string of the molecule is CC(C)(N)CN1CCOc2c(F)cccc2C1. The molecule has 0 fully saturated rings. The fourth-order valence-corrected chi connectivity index (χ4v) is 2.15. The summed E-state index contributed by atoms with van der Waals surface area (Å²) in [6.45, 7) is 6.72. The first-order valence-electron chi connectivity index (χ1n) is 5.87. The number of nitrogens with zero attached hydrogens (tertiary/aromatic N) is 1. The molecule has 0 bridgehead atoms. The summed E-state index contributed by atoms with van der Waals surface area (Å²) in [5.41, 5.74) is 6.65.